The Kier molecular flexibility index (Phi) is 4.89. The average molecular weight is 284 g/mol. The summed E-state index contributed by atoms with van der Waals surface area (Å²) in [7, 11) is 0. The molecule has 2 aromatic rings. The molecule has 1 atom stereocenters. The number of benzene rings is 1. The van der Waals surface area contributed by atoms with Crippen LogP contribution in [0, 0.1) is 0 Å². The molecule has 21 heavy (non-hydrogen) atoms. The van der Waals surface area contributed by atoms with Crippen molar-refractivity contribution >= 4 is 0 Å². The fourth-order valence-electron chi connectivity index (χ4n) is 2.56. The lowest BCUT2D eigenvalue weighted by atomic mass is 9.87. The van der Waals surface area contributed by atoms with Gasteiger partial charge in [0.1, 0.15) is 0 Å². The van der Waals surface area contributed by atoms with E-state index in [1.165, 1.54) is 16.7 Å². The van der Waals surface area contributed by atoms with Crippen molar-refractivity contribution in [3.63, 3.8) is 0 Å². The number of nitrogens with zero attached hydrogens (tertiary/aromatic N) is 1. The van der Waals surface area contributed by atoms with Crippen molar-refractivity contribution in [1.82, 2.24) is 9.88 Å². The summed E-state index contributed by atoms with van der Waals surface area (Å²) >= 11 is 0. The third-order valence-corrected chi connectivity index (χ3v) is 3.97. The highest BCUT2D eigenvalue weighted by molar-refractivity contribution is 5.28. The molecule has 0 spiro atoms. The number of aromatic nitrogens is 1. The molecule has 0 amide bonds. The molecule has 1 heterocycles. The van der Waals surface area contributed by atoms with E-state index in [0.717, 1.165) is 13.1 Å². The summed E-state index contributed by atoms with van der Waals surface area (Å²) < 4.78 is 2.26. The smallest absolute Gasteiger partial charge is 0.0470 e. The van der Waals surface area contributed by atoms with Gasteiger partial charge in [-0.15, -0.1) is 0 Å². The van der Waals surface area contributed by atoms with Crippen molar-refractivity contribution in [2.75, 3.05) is 6.54 Å². The molecule has 1 aromatic carbocycles. The first kappa shape index (κ1) is 15.8. The van der Waals surface area contributed by atoms with Crippen molar-refractivity contribution in [2.45, 2.75) is 52.6 Å². The van der Waals surface area contributed by atoms with Crippen LogP contribution in [0.3, 0.4) is 0 Å². The third-order valence-electron chi connectivity index (χ3n) is 3.97. The van der Waals surface area contributed by atoms with E-state index in [1.54, 1.807) is 0 Å². The van der Waals surface area contributed by atoms with Crippen LogP contribution in [-0.4, -0.2) is 11.1 Å². The van der Waals surface area contributed by atoms with Crippen molar-refractivity contribution in [1.29, 1.82) is 0 Å². The topological polar surface area (TPSA) is 17.0 Å². The van der Waals surface area contributed by atoms with Crippen molar-refractivity contribution in [2.24, 2.45) is 0 Å². The van der Waals surface area contributed by atoms with Gasteiger partial charge in [-0.3, -0.25) is 0 Å². The maximum absolute atomic E-state index is 3.45. The summed E-state index contributed by atoms with van der Waals surface area (Å²) in [5.74, 6) is 0. The quantitative estimate of drug-likeness (QED) is 0.855. The summed E-state index contributed by atoms with van der Waals surface area (Å²) in [6.07, 6.45) is 4.41. The van der Waals surface area contributed by atoms with Gasteiger partial charge in [-0.1, -0.05) is 52.0 Å². The summed E-state index contributed by atoms with van der Waals surface area (Å²) in [5, 5.41) is 3.45. The monoisotopic (exact) mass is 284 g/mol. The van der Waals surface area contributed by atoms with Crippen LogP contribution in [-0.2, 0) is 12.0 Å². The van der Waals surface area contributed by atoms with Crippen LogP contribution >= 0.6 is 0 Å². The molecule has 0 radical (unpaired) electrons. The highest BCUT2D eigenvalue weighted by Gasteiger charge is 2.12. The van der Waals surface area contributed by atoms with Gasteiger partial charge in [-0.05, 0) is 41.6 Å². The first-order chi connectivity index (χ1) is 9.90. The molecule has 2 nitrogen and oxygen atoms in total. The lowest BCUT2D eigenvalue weighted by molar-refractivity contribution is 0.589. The first-order valence-electron chi connectivity index (χ1n) is 7.88. The number of hydrogen-bond acceptors (Lipinski definition) is 1. The van der Waals surface area contributed by atoms with E-state index in [0.29, 0.717) is 6.04 Å². The molecule has 1 aromatic heterocycles. The molecule has 1 unspecified atom stereocenters. The van der Waals surface area contributed by atoms with E-state index in [4.69, 9.17) is 0 Å². The zero-order valence-electron chi connectivity index (χ0n) is 14.0. The van der Waals surface area contributed by atoms with E-state index >= 15 is 0 Å². The minimum absolute atomic E-state index is 0.223. The molecule has 0 aliphatic heterocycles. The molecule has 2 heteroatoms. The van der Waals surface area contributed by atoms with Crippen molar-refractivity contribution in [3.05, 3.63) is 59.4 Å². The van der Waals surface area contributed by atoms with Gasteiger partial charge in [0.05, 0.1) is 0 Å². The van der Waals surface area contributed by atoms with E-state index in [-0.39, 0.29) is 5.41 Å². The Morgan fingerprint density at radius 1 is 1.10 bits per heavy atom. The van der Waals surface area contributed by atoms with Gasteiger partial charge in [0, 0.05) is 25.0 Å². The second-order valence-electron chi connectivity index (χ2n) is 6.84. The Labute approximate surface area is 129 Å². The molecule has 0 saturated carbocycles. The highest BCUT2D eigenvalue weighted by atomic mass is 15.0. The SMILES string of the molecule is CCNC(C)c1ccn(Cc2ccc(C(C)(C)C)cc2)c1. The lowest BCUT2D eigenvalue weighted by Crippen LogP contribution is -2.17. The van der Waals surface area contributed by atoms with Gasteiger partial charge >= 0.3 is 0 Å². The van der Waals surface area contributed by atoms with Gasteiger partial charge in [-0.2, -0.15) is 0 Å². The first-order valence-corrected chi connectivity index (χ1v) is 7.88. The van der Waals surface area contributed by atoms with Crippen LogP contribution in [0.25, 0.3) is 0 Å². The summed E-state index contributed by atoms with van der Waals surface area (Å²) in [6, 6.07) is 11.6. The standard InChI is InChI=1S/C19H28N2/c1-6-20-15(2)17-11-12-21(14-17)13-16-7-9-18(10-8-16)19(3,4)5/h7-12,14-15,20H,6,13H2,1-5H3. The minimum Gasteiger partial charge on any atom is -0.350 e. The average Bonchev–Trinajstić information content (AvgIpc) is 2.87. The Morgan fingerprint density at radius 2 is 1.76 bits per heavy atom. The number of rotatable bonds is 5. The van der Waals surface area contributed by atoms with E-state index in [1.807, 2.05) is 0 Å². The lowest BCUT2D eigenvalue weighted by Gasteiger charge is -2.19. The maximum Gasteiger partial charge on any atom is 0.0470 e. The van der Waals surface area contributed by atoms with Gasteiger partial charge in [-0.25, -0.2) is 0 Å². The Hall–Kier alpha value is -1.54. The van der Waals surface area contributed by atoms with Crippen LogP contribution in [0.1, 0.15) is 57.4 Å². The summed E-state index contributed by atoms with van der Waals surface area (Å²) in [5.41, 5.74) is 4.31. The highest BCUT2D eigenvalue weighted by Crippen LogP contribution is 2.22. The fraction of sp³-hybridized carbons (Fsp3) is 0.474. The predicted octanol–water partition coefficient (Wildman–Crippen LogP) is 4.50. The molecule has 0 saturated heterocycles. The molecule has 114 valence electrons. The second kappa shape index (κ2) is 6.48. The van der Waals surface area contributed by atoms with Crippen LogP contribution in [0.4, 0.5) is 0 Å². The Morgan fingerprint density at radius 3 is 2.33 bits per heavy atom. The van der Waals surface area contributed by atoms with Crippen LogP contribution in [0.15, 0.2) is 42.7 Å². The van der Waals surface area contributed by atoms with Crippen LogP contribution in [0.2, 0.25) is 0 Å². The third kappa shape index (κ3) is 4.21. The predicted molar refractivity (Wildman–Crippen MR) is 90.8 cm³/mol. The van der Waals surface area contributed by atoms with Gasteiger partial charge in [0.2, 0.25) is 0 Å². The van der Waals surface area contributed by atoms with Gasteiger partial charge < -0.3 is 9.88 Å². The van der Waals surface area contributed by atoms with Gasteiger partial charge in [0.15, 0.2) is 0 Å². The molecular weight excluding hydrogens is 256 g/mol. The maximum atomic E-state index is 3.45. The normalized spacial score (nSPS) is 13.4. The van der Waals surface area contributed by atoms with Crippen molar-refractivity contribution < 1.29 is 0 Å². The number of nitrogens with one attached hydrogen (secondary N) is 1. The van der Waals surface area contributed by atoms with Gasteiger partial charge in [0.25, 0.3) is 0 Å². The van der Waals surface area contributed by atoms with Crippen LogP contribution < -0.4 is 5.32 Å². The molecular formula is C19H28N2. The Bertz CT molecular complexity index is 558. The zero-order chi connectivity index (χ0) is 15.5. The molecule has 0 aliphatic rings. The molecule has 2 rings (SSSR count). The molecule has 0 bridgehead atoms. The number of hydrogen-bond donors (Lipinski definition) is 1. The fourth-order valence-corrected chi connectivity index (χ4v) is 2.56. The van der Waals surface area contributed by atoms with E-state index in [9.17, 15) is 0 Å². The minimum atomic E-state index is 0.223. The van der Waals surface area contributed by atoms with Crippen LogP contribution in [0.5, 0.6) is 0 Å². The Balaban J connectivity index is 2.05. The molecule has 1 N–H and O–H groups in total. The molecule has 0 fully saturated rings. The summed E-state index contributed by atoms with van der Waals surface area (Å²) in [6.45, 7) is 13.0. The zero-order valence-corrected chi connectivity index (χ0v) is 14.0. The largest absolute Gasteiger partial charge is 0.350 e. The summed E-state index contributed by atoms with van der Waals surface area (Å²) in [4.78, 5) is 0. The van der Waals surface area contributed by atoms with E-state index < -0.39 is 0 Å². The second-order valence-corrected chi connectivity index (χ2v) is 6.84. The molecule has 0 aliphatic carbocycles. The van der Waals surface area contributed by atoms with Crippen molar-refractivity contribution in [3.8, 4) is 0 Å². The van der Waals surface area contributed by atoms with E-state index in [2.05, 4.69) is 87.2 Å².